The average molecular weight is 259 g/mol. The minimum atomic E-state index is -0.598. The van der Waals surface area contributed by atoms with E-state index in [0.29, 0.717) is 5.69 Å². The Morgan fingerprint density at radius 3 is 2.76 bits per heavy atom. The Labute approximate surface area is 105 Å². The van der Waals surface area contributed by atoms with Crippen molar-refractivity contribution in [3.05, 3.63) is 29.0 Å². The van der Waals surface area contributed by atoms with Crippen LogP contribution in [0.2, 0.25) is 5.02 Å². The predicted molar refractivity (Wildman–Crippen MR) is 67.5 cm³/mol. The molecular weight excluding hydrogens is 243 g/mol. The molecule has 3 N–H and O–H groups in total. The highest BCUT2D eigenvalue weighted by Crippen LogP contribution is 2.19. The molecule has 17 heavy (non-hydrogen) atoms. The molecule has 0 spiro atoms. The number of carbonyl (C=O) groups is 1. The summed E-state index contributed by atoms with van der Waals surface area (Å²) in [5.41, 5.74) is 6.11. The molecule has 0 aliphatic rings. The number of carbonyl (C=O) groups excluding carboxylic acids is 1. The molecule has 0 aromatic heterocycles. The molecule has 2 unspecified atom stereocenters. The summed E-state index contributed by atoms with van der Waals surface area (Å²) in [6, 6.07) is 3.50. The van der Waals surface area contributed by atoms with Gasteiger partial charge in [-0.3, -0.25) is 4.79 Å². The van der Waals surface area contributed by atoms with E-state index < -0.39 is 11.9 Å². The van der Waals surface area contributed by atoms with Crippen molar-refractivity contribution in [3.8, 4) is 0 Å². The third kappa shape index (κ3) is 3.68. The number of nitrogens with two attached hydrogens (primary N) is 1. The molecular formula is C12H16ClFN2O. The largest absolute Gasteiger partial charge is 0.325 e. The van der Waals surface area contributed by atoms with Crippen molar-refractivity contribution in [1.82, 2.24) is 0 Å². The lowest BCUT2D eigenvalue weighted by Gasteiger charge is -2.17. The fraction of sp³-hybridized carbons (Fsp3) is 0.417. The topological polar surface area (TPSA) is 55.1 Å². The molecule has 1 amide bonds. The predicted octanol–water partition coefficient (Wildman–Crippen LogP) is 2.79. The number of halogens is 2. The number of benzene rings is 1. The van der Waals surface area contributed by atoms with E-state index in [2.05, 4.69) is 5.32 Å². The van der Waals surface area contributed by atoms with E-state index in [1.165, 1.54) is 18.2 Å². The molecule has 0 fully saturated rings. The maximum atomic E-state index is 13.1. The second kappa shape index (κ2) is 5.98. The summed E-state index contributed by atoms with van der Waals surface area (Å²) in [6.45, 7) is 3.85. The molecule has 94 valence electrons. The normalized spacial score (nSPS) is 14.2. The average Bonchev–Trinajstić information content (AvgIpc) is 2.31. The highest BCUT2D eigenvalue weighted by atomic mass is 35.5. The molecule has 0 saturated heterocycles. The van der Waals surface area contributed by atoms with Gasteiger partial charge in [-0.1, -0.05) is 31.9 Å². The van der Waals surface area contributed by atoms with Gasteiger partial charge in [-0.25, -0.2) is 4.39 Å². The van der Waals surface area contributed by atoms with Crippen LogP contribution in [-0.4, -0.2) is 11.9 Å². The third-order valence-corrected chi connectivity index (χ3v) is 3.05. The van der Waals surface area contributed by atoms with Crippen molar-refractivity contribution in [2.45, 2.75) is 26.3 Å². The van der Waals surface area contributed by atoms with Crippen LogP contribution < -0.4 is 11.1 Å². The van der Waals surface area contributed by atoms with Crippen molar-refractivity contribution >= 4 is 23.2 Å². The van der Waals surface area contributed by atoms with Crippen molar-refractivity contribution in [2.75, 3.05) is 5.32 Å². The Morgan fingerprint density at radius 1 is 1.59 bits per heavy atom. The Hall–Kier alpha value is -1.13. The van der Waals surface area contributed by atoms with Crippen LogP contribution in [0.3, 0.4) is 0 Å². The van der Waals surface area contributed by atoms with Crippen LogP contribution in [0.25, 0.3) is 0 Å². The zero-order chi connectivity index (χ0) is 13.0. The molecule has 0 radical (unpaired) electrons. The maximum absolute atomic E-state index is 13.1. The molecule has 3 nitrogen and oxygen atoms in total. The second-order valence-electron chi connectivity index (χ2n) is 4.03. The smallest absolute Gasteiger partial charge is 0.241 e. The van der Waals surface area contributed by atoms with Crippen LogP contribution in [0.1, 0.15) is 20.3 Å². The van der Waals surface area contributed by atoms with Gasteiger partial charge in [-0.2, -0.15) is 0 Å². The number of amides is 1. The number of hydrogen-bond donors (Lipinski definition) is 2. The zero-order valence-electron chi connectivity index (χ0n) is 9.84. The van der Waals surface area contributed by atoms with Crippen molar-refractivity contribution in [2.24, 2.45) is 11.7 Å². The number of hydrogen-bond acceptors (Lipinski definition) is 2. The van der Waals surface area contributed by atoms with Gasteiger partial charge in [0.25, 0.3) is 0 Å². The van der Waals surface area contributed by atoms with E-state index >= 15 is 0 Å². The van der Waals surface area contributed by atoms with Crippen molar-refractivity contribution < 1.29 is 9.18 Å². The lowest BCUT2D eigenvalue weighted by molar-refractivity contribution is -0.118. The van der Waals surface area contributed by atoms with Crippen LogP contribution in [0.4, 0.5) is 10.1 Å². The summed E-state index contributed by atoms with van der Waals surface area (Å²) in [7, 11) is 0. The molecule has 0 aliphatic carbocycles. The van der Waals surface area contributed by atoms with Gasteiger partial charge in [0, 0.05) is 5.69 Å². The molecule has 0 bridgehead atoms. The van der Waals surface area contributed by atoms with E-state index in [1.807, 2.05) is 13.8 Å². The zero-order valence-corrected chi connectivity index (χ0v) is 10.6. The molecule has 1 aromatic rings. The van der Waals surface area contributed by atoms with Crippen molar-refractivity contribution in [1.29, 1.82) is 0 Å². The van der Waals surface area contributed by atoms with Crippen molar-refractivity contribution in [3.63, 3.8) is 0 Å². The van der Waals surface area contributed by atoms with Gasteiger partial charge in [0.1, 0.15) is 5.82 Å². The summed E-state index contributed by atoms with van der Waals surface area (Å²) >= 11 is 5.54. The molecule has 0 saturated carbocycles. The van der Waals surface area contributed by atoms with Gasteiger partial charge in [-0.05, 0) is 24.1 Å². The van der Waals surface area contributed by atoms with Crippen LogP contribution in [0.5, 0.6) is 0 Å². The number of rotatable bonds is 4. The van der Waals surface area contributed by atoms with Gasteiger partial charge >= 0.3 is 0 Å². The summed E-state index contributed by atoms with van der Waals surface area (Å²) in [5.74, 6) is -0.810. The fourth-order valence-electron chi connectivity index (χ4n) is 1.31. The lowest BCUT2D eigenvalue weighted by Crippen LogP contribution is -2.40. The van der Waals surface area contributed by atoms with Gasteiger partial charge in [-0.15, -0.1) is 0 Å². The van der Waals surface area contributed by atoms with Crippen LogP contribution in [0, 0.1) is 11.7 Å². The Balaban J connectivity index is 2.71. The van der Waals surface area contributed by atoms with Crippen LogP contribution in [-0.2, 0) is 4.79 Å². The van der Waals surface area contributed by atoms with Gasteiger partial charge in [0.15, 0.2) is 0 Å². The van der Waals surface area contributed by atoms with E-state index in [0.717, 1.165) is 6.42 Å². The van der Waals surface area contributed by atoms with Crippen LogP contribution in [0.15, 0.2) is 18.2 Å². The van der Waals surface area contributed by atoms with E-state index in [9.17, 15) is 9.18 Å². The number of anilines is 1. The summed E-state index contributed by atoms with van der Waals surface area (Å²) < 4.78 is 13.1. The molecule has 1 aromatic carbocycles. The SMILES string of the molecule is CCC(C)C(N)C(=O)Nc1ccc(Cl)c(F)c1. The highest BCUT2D eigenvalue weighted by Gasteiger charge is 2.19. The summed E-state index contributed by atoms with van der Waals surface area (Å²) in [6.07, 6.45) is 0.809. The van der Waals surface area contributed by atoms with E-state index in [1.54, 1.807) is 0 Å². The number of nitrogens with one attached hydrogen (secondary N) is 1. The van der Waals surface area contributed by atoms with Gasteiger partial charge < -0.3 is 11.1 Å². The van der Waals surface area contributed by atoms with E-state index in [-0.39, 0.29) is 16.8 Å². The lowest BCUT2D eigenvalue weighted by atomic mass is 9.99. The second-order valence-corrected chi connectivity index (χ2v) is 4.44. The van der Waals surface area contributed by atoms with Gasteiger partial charge in [0.2, 0.25) is 5.91 Å². The fourth-order valence-corrected chi connectivity index (χ4v) is 1.43. The standard InChI is InChI=1S/C12H16ClFN2O/c1-3-7(2)11(15)12(17)16-8-4-5-9(13)10(14)6-8/h4-7,11H,3,15H2,1-2H3,(H,16,17). The van der Waals surface area contributed by atoms with Gasteiger partial charge in [0.05, 0.1) is 11.1 Å². The molecule has 2 atom stereocenters. The van der Waals surface area contributed by atoms with E-state index in [4.69, 9.17) is 17.3 Å². The molecule has 5 heteroatoms. The maximum Gasteiger partial charge on any atom is 0.241 e. The minimum absolute atomic E-state index is 0.0224. The monoisotopic (exact) mass is 258 g/mol. The highest BCUT2D eigenvalue weighted by molar-refractivity contribution is 6.30. The molecule has 0 aliphatic heterocycles. The van der Waals surface area contributed by atoms with Crippen LogP contribution >= 0.6 is 11.6 Å². The summed E-state index contributed by atoms with van der Waals surface area (Å²) in [5, 5.41) is 2.58. The summed E-state index contributed by atoms with van der Waals surface area (Å²) in [4.78, 5) is 11.7. The minimum Gasteiger partial charge on any atom is -0.325 e. The molecule has 1 rings (SSSR count). The Morgan fingerprint density at radius 2 is 2.24 bits per heavy atom. The third-order valence-electron chi connectivity index (χ3n) is 2.75. The Bertz CT molecular complexity index is 411. The molecule has 0 heterocycles. The first-order valence-corrected chi connectivity index (χ1v) is 5.85. The first kappa shape index (κ1) is 13.9. The first-order chi connectivity index (χ1) is 7.95. The Kier molecular flexibility index (Phi) is 4.90. The quantitative estimate of drug-likeness (QED) is 0.873. The first-order valence-electron chi connectivity index (χ1n) is 5.47.